The van der Waals surface area contributed by atoms with Crippen LogP contribution in [0.5, 0.6) is 0 Å². The van der Waals surface area contributed by atoms with Crippen LogP contribution in [0.1, 0.15) is 125 Å². The molecule has 1 aliphatic carbocycles. The van der Waals surface area contributed by atoms with Gasteiger partial charge in [0.05, 0.1) is 0 Å². The number of hydrogen-bond donors (Lipinski definition) is 0. The Bertz CT molecular complexity index is 855. The van der Waals surface area contributed by atoms with E-state index in [0.717, 1.165) is 30.7 Å². The third kappa shape index (κ3) is 6.80. The van der Waals surface area contributed by atoms with Crippen LogP contribution in [0, 0.1) is 5.92 Å². The fourth-order valence-electron chi connectivity index (χ4n) is 5.26. The number of hydrogen-bond acceptors (Lipinski definition) is 1. The van der Waals surface area contributed by atoms with E-state index in [4.69, 9.17) is 0 Å². The quantitative estimate of drug-likeness (QED) is 0.173. The highest BCUT2D eigenvalue weighted by Crippen LogP contribution is 2.38. The highest BCUT2D eigenvalue weighted by atomic mass is 16.1. The normalized spacial score (nSPS) is 12.2. The van der Waals surface area contributed by atoms with Crippen LogP contribution >= 0.6 is 0 Å². The molecule has 174 valence electrons. The summed E-state index contributed by atoms with van der Waals surface area (Å²) in [6.45, 7) is 6.77. The number of ketones is 1. The maximum absolute atomic E-state index is 12.4. The van der Waals surface area contributed by atoms with Crippen molar-refractivity contribution in [2.75, 3.05) is 0 Å². The van der Waals surface area contributed by atoms with Crippen LogP contribution in [0.4, 0.5) is 0 Å². The van der Waals surface area contributed by atoms with E-state index in [0.29, 0.717) is 12.2 Å². The van der Waals surface area contributed by atoms with Crippen molar-refractivity contribution >= 4 is 5.78 Å². The van der Waals surface area contributed by atoms with Gasteiger partial charge in [0.25, 0.3) is 0 Å². The van der Waals surface area contributed by atoms with Crippen LogP contribution in [0.3, 0.4) is 0 Å². The predicted molar refractivity (Wildman–Crippen MR) is 139 cm³/mol. The number of unbranched alkanes of at least 4 members (excludes halogenated alkanes) is 4. The van der Waals surface area contributed by atoms with Crippen molar-refractivity contribution in [3.8, 4) is 11.1 Å². The van der Waals surface area contributed by atoms with Crippen molar-refractivity contribution in [3.63, 3.8) is 0 Å². The molecule has 1 heteroatoms. The van der Waals surface area contributed by atoms with E-state index in [2.05, 4.69) is 51.1 Å². The summed E-state index contributed by atoms with van der Waals surface area (Å²) in [5.41, 5.74) is 7.85. The minimum Gasteiger partial charge on any atom is -0.294 e. The highest BCUT2D eigenvalue weighted by molar-refractivity contribution is 5.97. The first-order valence-corrected chi connectivity index (χ1v) is 13.4. The van der Waals surface area contributed by atoms with Crippen molar-refractivity contribution in [1.82, 2.24) is 0 Å². The number of carbonyl (C=O) groups excluding carboxylic acids is 1. The average molecular weight is 433 g/mol. The minimum absolute atomic E-state index is 0.294. The molecule has 2 aromatic rings. The van der Waals surface area contributed by atoms with Crippen LogP contribution in [-0.4, -0.2) is 5.78 Å². The van der Waals surface area contributed by atoms with Gasteiger partial charge in [-0.15, -0.1) is 0 Å². The summed E-state index contributed by atoms with van der Waals surface area (Å²) in [6, 6.07) is 13.4. The number of benzene rings is 2. The first-order valence-electron chi connectivity index (χ1n) is 13.4. The van der Waals surface area contributed by atoms with Gasteiger partial charge < -0.3 is 0 Å². The van der Waals surface area contributed by atoms with Gasteiger partial charge in [0, 0.05) is 12.0 Å². The zero-order chi connectivity index (χ0) is 22.8. The highest BCUT2D eigenvalue weighted by Gasteiger charge is 2.20. The van der Waals surface area contributed by atoms with Crippen molar-refractivity contribution in [2.45, 2.75) is 111 Å². The van der Waals surface area contributed by atoms with Gasteiger partial charge in [-0.3, -0.25) is 4.79 Å². The number of Topliss-reactive ketones (excluding diaryl/α,β-unsaturated/α-hetero) is 1. The van der Waals surface area contributed by atoms with Crippen LogP contribution in [0.2, 0.25) is 0 Å². The molecule has 0 amide bonds. The van der Waals surface area contributed by atoms with E-state index in [9.17, 15) is 4.79 Å². The molecule has 1 nitrogen and oxygen atoms in total. The zero-order valence-electron chi connectivity index (χ0n) is 20.8. The summed E-state index contributed by atoms with van der Waals surface area (Å²) in [5, 5.41) is 0. The molecule has 32 heavy (non-hydrogen) atoms. The van der Waals surface area contributed by atoms with Gasteiger partial charge in [-0.1, -0.05) is 109 Å². The molecular weight excluding hydrogens is 388 g/mol. The molecule has 0 saturated carbocycles. The Morgan fingerprint density at radius 1 is 0.750 bits per heavy atom. The maximum atomic E-state index is 12.4. The third-order valence-electron chi connectivity index (χ3n) is 7.29. The zero-order valence-corrected chi connectivity index (χ0v) is 20.8. The maximum Gasteiger partial charge on any atom is 0.162 e. The Labute approximate surface area is 197 Å². The predicted octanol–water partition coefficient (Wildman–Crippen LogP) is 9.34. The van der Waals surface area contributed by atoms with Crippen molar-refractivity contribution in [1.29, 1.82) is 0 Å². The Morgan fingerprint density at radius 2 is 1.38 bits per heavy atom. The van der Waals surface area contributed by atoms with Crippen molar-refractivity contribution < 1.29 is 4.79 Å². The minimum atomic E-state index is 0.294. The Kier molecular flexibility index (Phi) is 10.0. The lowest BCUT2D eigenvalue weighted by molar-refractivity contribution is 0.0979. The standard InChI is InChI=1S/C31H44O/c1-4-7-12-24(13-8-5-2)14-10-11-15-25-17-19-29-27(21-25)23-28-22-26(18-20-30(28)29)31(32)16-9-6-3/h17-22,24H,4-16,23H2,1-3H3. The van der Waals surface area contributed by atoms with Crippen molar-refractivity contribution in [3.05, 3.63) is 58.7 Å². The number of aryl methyl sites for hydroxylation is 1. The molecular formula is C31H44O. The topological polar surface area (TPSA) is 17.1 Å². The van der Waals surface area contributed by atoms with Gasteiger partial charge in [0.2, 0.25) is 0 Å². The molecule has 0 aromatic heterocycles. The lowest BCUT2D eigenvalue weighted by Gasteiger charge is -2.16. The molecule has 0 radical (unpaired) electrons. The monoisotopic (exact) mass is 432 g/mol. The average Bonchev–Trinajstić information content (AvgIpc) is 3.18. The number of rotatable bonds is 15. The van der Waals surface area contributed by atoms with Gasteiger partial charge in [-0.25, -0.2) is 0 Å². The summed E-state index contributed by atoms with van der Waals surface area (Å²) >= 11 is 0. The van der Waals surface area contributed by atoms with Crippen LogP contribution < -0.4 is 0 Å². The van der Waals surface area contributed by atoms with Crippen LogP contribution in [0.25, 0.3) is 11.1 Å². The molecule has 0 N–H and O–H groups in total. The summed E-state index contributed by atoms with van der Waals surface area (Å²) < 4.78 is 0. The van der Waals surface area contributed by atoms with E-state index in [1.807, 2.05) is 6.07 Å². The van der Waals surface area contributed by atoms with Crippen molar-refractivity contribution in [2.24, 2.45) is 5.92 Å². The summed E-state index contributed by atoms with van der Waals surface area (Å²) in [4.78, 5) is 12.4. The molecule has 3 rings (SSSR count). The van der Waals surface area contributed by atoms with Crippen LogP contribution in [-0.2, 0) is 12.8 Å². The smallest absolute Gasteiger partial charge is 0.162 e. The second-order valence-corrected chi connectivity index (χ2v) is 9.96. The lowest BCUT2D eigenvalue weighted by Crippen LogP contribution is -2.01. The van der Waals surface area contributed by atoms with E-state index in [-0.39, 0.29) is 0 Å². The second-order valence-electron chi connectivity index (χ2n) is 9.96. The number of fused-ring (bicyclic) bond motifs is 3. The molecule has 0 unspecified atom stereocenters. The Morgan fingerprint density at radius 3 is 2.06 bits per heavy atom. The van der Waals surface area contributed by atoms with Gasteiger partial charge >= 0.3 is 0 Å². The molecule has 2 aromatic carbocycles. The molecule has 0 atom stereocenters. The summed E-state index contributed by atoms with van der Waals surface area (Å²) in [5.74, 6) is 1.24. The fraction of sp³-hybridized carbons (Fsp3) is 0.581. The van der Waals surface area contributed by atoms with Gasteiger partial charge in [0.15, 0.2) is 5.78 Å². The third-order valence-corrected chi connectivity index (χ3v) is 7.29. The Balaban J connectivity index is 1.53. The number of carbonyl (C=O) groups is 1. The largest absolute Gasteiger partial charge is 0.294 e. The van der Waals surface area contributed by atoms with Crippen LogP contribution in [0.15, 0.2) is 36.4 Å². The molecule has 0 spiro atoms. The van der Waals surface area contributed by atoms with E-state index >= 15 is 0 Å². The first kappa shape index (κ1) is 24.7. The SMILES string of the molecule is CCCCC(=O)c1ccc2c(c1)Cc1cc(CCCCC(CCCC)CCCC)ccc1-2. The summed E-state index contributed by atoms with van der Waals surface area (Å²) in [6.07, 6.45) is 17.3. The lowest BCUT2D eigenvalue weighted by atomic mass is 9.90. The molecule has 1 aliphatic rings. The summed E-state index contributed by atoms with van der Waals surface area (Å²) in [7, 11) is 0. The van der Waals surface area contributed by atoms with Gasteiger partial charge in [-0.2, -0.15) is 0 Å². The molecule has 0 aliphatic heterocycles. The molecule has 0 heterocycles. The van der Waals surface area contributed by atoms with E-state index in [1.165, 1.54) is 92.0 Å². The second kappa shape index (κ2) is 13.0. The van der Waals surface area contributed by atoms with E-state index in [1.54, 1.807) is 0 Å². The molecule has 0 saturated heterocycles. The Hall–Kier alpha value is -1.89. The molecule has 0 bridgehead atoms. The van der Waals surface area contributed by atoms with Gasteiger partial charge in [-0.05, 0) is 65.5 Å². The molecule has 0 fully saturated rings. The first-order chi connectivity index (χ1) is 15.7. The fourth-order valence-corrected chi connectivity index (χ4v) is 5.26. The van der Waals surface area contributed by atoms with E-state index < -0.39 is 0 Å². The van der Waals surface area contributed by atoms with Gasteiger partial charge in [0.1, 0.15) is 0 Å².